The molecule has 8 aromatic rings. The van der Waals surface area contributed by atoms with Crippen molar-refractivity contribution in [3.8, 4) is 62.5 Å². The molecule has 0 amide bonds. The first kappa shape index (κ1) is 37.9. The van der Waals surface area contributed by atoms with Gasteiger partial charge in [-0.25, -0.2) is 15.0 Å². The van der Waals surface area contributed by atoms with Crippen molar-refractivity contribution in [2.24, 2.45) is 35.5 Å². The summed E-state index contributed by atoms with van der Waals surface area (Å²) in [7, 11) is 0. The van der Waals surface area contributed by atoms with E-state index >= 15 is 0 Å². The van der Waals surface area contributed by atoms with Gasteiger partial charge in [-0.3, -0.25) is 0 Å². The van der Waals surface area contributed by atoms with Crippen molar-refractivity contribution in [3.05, 3.63) is 150 Å². The first-order valence-corrected chi connectivity index (χ1v) is 24.5. The number of nitriles is 1. The van der Waals surface area contributed by atoms with Crippen LogP contribution in [0, 0.1) is 46.8 Å². The van der Waals surface area contributed by atoms with Crippen LogP contribution in [-0.4, -0.2) is 15.0 Å². The zero-order valence-corrected chi connectivity index (χ0v) is 36.8. The zero-order valence-electron chi connectivity index (χ0n) is 36.8. The average molecular weight is 845 g/mol. The summed E-state index contributed by atoms with van der Waals surface area (Å²) in [6.07, 6.45) is 17.1. The summed E-state index contributed by atoms with van der Waals surface area (Å²) in [6.45, 7) is 0. The number of rotatable bonds is 7. The van der Waals surface area contributed by atoms with Gasteiger partial charge >= 0.3 is 0 Å². The number of hydrogen-bond donors (Lipinski definition) is 0. The van der Waals surface area contributed by atoms with Crippen LogP contribution in [-0.2, 0) is 10.8 Å². The van der Waals surface area contributed by atoms with E-state index in [-0.39, 0.29) is 0 Å². The SMILES string of the molecule is N#Cc1ccc2oc3c(-c4nc(-c5ccc(-c6ccc(C78C[C@H]9C[C@@H](C7)C[C@@H](C8)C9)cc6)cc5)nc(-c5ccc(-c6ccc(C78C[C@H]9C[C@@H](C7)C[C@@H](C8)C9)cc6)cc5)n4)cccc3c2c1. The van der Waals surface area contributed by atoms with E-state index < -0.39 is 0 Å². The van der Waals surface area contributed by atoms with E-state index in [0.29, 0.717) is 39.4 Å². The maximum Gasteiger partial charge on any atom is 0.167 e. The molecule has 0 spiro atoms. The van der Waals surface area contributed by atoms with Gasteiger partial charge in [0.05, 0.1) is 17.2 Å². The summed E-state index contributed by atoms with van der Waals surface area (Å²) < 4.78 is 6.50. The highest BCUT2D eigenvalue weighted by molar-refractivity contribution is 6.09. The first-order valence-electron chi connectivity index (χ1n) is 24.5. The molecule has 0 N–H and O–H groups in total. The Morgan fingerprint density at radius 1 is 0.431 bits per heavy atom. The summed E-state index contributed by atoms with van der Waals surface area (Å²) in [5.41, 5.74) is 13.4. The second-order valence-electron chi connectivity index (χ2n) is 21.6. The van der Waals surface area contributed by atoms with E-state index in [2.05, 4.69) is 103 Å². The Labute approximate surface area is 381 Å². The molecule has 318 valence electrons. The second-order valence-corrected chi connectivity index (χ2v) is 21.6. The summed E-state index contributed by atoms with van der Waals surface area (Å²) in [5, 5.41) is 11.5. The van der Waals surface area contributed by atoms with Crippen LogP contribution in [0.3, 0.4) is 0 Å². The minimum atomic E-state index is 0.400. The van der Waals surface area contributed by atoms with E-state index in [9.17, 15) is 5.26 Å². The fraction of sp³-hybridized carbons (Fsp3) is 0.333. The monoisotopic (exact) mass is 844 g/mol. The molecule has 8 saturated carbocycles. The van der Waals surface area contributed by atoms with Crippen LogP contribution >= 0.6 is 0 Å². The average Bonchev–Trinajstić information content (AvgIpc) is 3.71. The number of nitrogens with zero attached hydrogens (tertiary/aromatic N) is 4. The van der Waals surface area contributed by atoms with Gasteiger partial charge in [0.15, 0.2) is 17.5 Å². The van der Waals surface area contributed by atoms with Gasteiger partial charge in [0.2, 0.25) is 0 Å². The Bertz CT molecular complexity index is 2990. The normalized spacial score (nSPS) is 28.3. The lowest BCUT2D eigenvalue weighted by molar-refractivity contribution is -0.00530. The number of aromatic nitrogens is 3. The van der Waals surface area contributed by atoms with Gasteiger partial charge < -0.3 is 4.42 Å². The van der Waals surface area contributed by atoms with E-state index in [0.717, 1.165) is 68.6 Å². The van der Waals surface area contributed by atoms with Crippen LogP contribution in [0.2, 0.25) is 0 Å². The Morgan fingerprint density at radius 2 is 0.831 bits per heavy atom. The van der Waals surface area contributed by atoms with Crippen LogP contribution in [0.1, 0.15) is 93.7 Å². The van der Waals surface area contributed by atoms with Crippen LogP contribution in [0.4, 0.5) is 0 Å². The Kier molecular flexibility index (Phi) is 8.35. The van der Waals surface area contributed by atoms with Gasteiger partial charge in [-0.2, -0.15) is 5.26 Å². The molecule has 8 bridgehead atoms. The molecule has 2 heterocycles. The molecule has 6 aromatic carbocycles. The largest absolute Gasteiger partial charge is 0.455 e. The van der Waals surface area contributed by atoms with Crippen molar-refractivity contribution in [3.63, 3.8) is 0 Å². The van der Waals surface area contributed by atoms with E-state index in [4.69, 9.17) is 19.4 Å². The highest BCUT2D eigenvalue weighted by Crippen LogP contribution is 2.62. The predicted octanol–water partition coefficient (Wildman–Crippen LogP) is 14.9. The molecule has 0 radical (unpaired) electrons. The van der Waals surface area contributed by atoms with E-state index in [1.807, 2.05) is 30.3 Å². The molecule has 0 unspecified atom stereocenters. The van der Waals surface area contributed by atoms with E-state index in [1.54, 1.807) is 17.2 Å². The Morgan fingerprint density at radius 3 is 1.26 bits per heavy atom. The van der Waals surface area contributed by atoms with Gasteiger partial charge in [-0.1, -0.05) is 109 Å². The molecular formula is C60H52N4O. The van der Waals surface area contributed by atoms with Crippen LogP contribution in [0.25, 0.3) is 78.4 Å². The fourth-order valence-corrected chi connectivity index (χ4v) is 15.4. The number of para-hydroxylation sites is 1. The van der Waals surface area contributed by atoms with Gasteiger partial charge in [-0.05, 0) is 181 Å². The Balaban J connectivity index is 0.800. The first-order chi connectivity index (χ1) is 31.9. The van der Waals surface area contributed by atoms with Gasteiger partial charge in [0.25, 0.3) is 0 Å². The van der Waals surface area contributed by atoms with Crippen molar-refractivity contribution < 1.29 is 4.42 Å². The highest BCUT2D eigenvalue weighted by Gasteiger charge is 2.52. The molecule has 0 atom stereocenters. The highest BCUT2D eigenvalue weighted by atomic mass is 16.3. The minimum Gasteiger partial charge on any atom is -0.455 e. The summed E-state index contributed by atoms with van der Waals surface area (Å²) in [6, 6.07) is 50.4. The second kappa shape index (κ2) is 14.3. The van der Waals surface area contributed by atoms with E-state index in [1.165, 1.54) is 99.3 Å². The molecule has 65 heavy (non-hydrogen) atoms. The molecular weight excluding hydrogens is 793 g/mol. The maximum atomic E-state index is 9.67. The van der Waals surface area contributed by atoms with Crippen molar-refractivity contribution in [2.45, 2.75) is 87.9 Å². The van der Waals surface area contributed by atoms with Gasteiger partial charge in [-0.15, -0.1) is 0 Å². The van der Waals surface area contributed by atoms with Crippen molar-refractivity contribution in [1.29, 1.82) is 5.26 Å². The number of fused-ring (bicyclic) bond motifs is 3. The van der Waals surface area contributed by atoms with Crippen molar-refractivity contribution in [1.82, 2.24) is 15.0 Å². The van der Waals surface area contributed by atoms with Gasteiger partial charge in [0.1, 0.15) is 11.2 Å². The third kappa shape index (κ3) is 6.27. The summed E-state index contributed by atoms with van der Waals surface area (Å²) in [4.78, 5) is 15.5. The number of benzene rings is 6. The molecule has 2 aromatic heterocycles. The van der Waals surface area contributed by atoms with Crippen LogP contribution in [0.15, 0.2) is 138 Å². The Hall–Kier alpha value is -6.38. The number of furan rings is 1. The lowest BCUT2D eigenvalue weighted by atomic mass is 9.48. The molecule has 0 saturated heterocycles. The third-order valence-electron chi connectivity index (χ3n) is 17.5. The lowest BCUT2D eigenvalue weighted by Crippen LogP contribution is -2.48. The predicted molar refractivity (Wildman–Crippen MR) is 259 cm³/mol. The topological polar surface area (TPSA) is 75.6 Å². The minimum absolute atomic E-state index is 0.400. The lowest BCUT2D eigenvalue weighted by Gasteiger charge is -2.57. The standard InChI is InChI=1S/C60H52N4O/c61-35-36-4-21-54-53(28-36)51-2-1-3-52(55(51)65-54)58-63-56(47-9-5-43(6-10-47)45-13-17-49(18-14-45)59-29-37-22-38(30-59)24-39(23-37)31-59)62-57(64-58)48-11-7-44(8-12-48)46-15-19-50(20-16-46)60-32-40-25-41(33-60)27-42(26-40)34-60/h1-21,28,37-42H,22-27,29-34H2/t37-,38+,39-,40-,41+,42-,59?,60?. The van der Waals surface area contributed by atoms with Crippen molar-refractivity contribution >= 4 is 21.9 Å². The van der Waals surface area contributed by atoms with Crippen LogP contribution < -0.4 is 0 Å². The quantitative estimate of drug-likeness (QED) is 0.160. The summed E-state index contributed by atoms with van der Waals surface area (Å²) >= 11 is 0. The zero-order chi connectivity index (χ0) is 42.9. The molecule has 0 aliphatic heterocycles. The smallest absolute Gasteiger partial charge is 0.167 e. The molecule has 8 aliphatic carbocycles. The number of hydrogen-bond acceptors (Lipinski definition) is 5. The summed E-state index contributed by atoms with van der Waals surface area (Å²) in [5.74, 6) is 7.39. The molecule has 8 aliphatic rings. The van der Waals surface area contributed by atoms with Gasteiger partial charge in [0, 0.05) is 21.9 Å². The van der Waals surface area contributed by atoms with Crippen LogP contribution in [0.5, 0.6) is 0 Å². The fourth-order valence-electron chi connectivity index (χ4n) is 15.4. The molecule has 5 heteroatoms. The maximum absolute atomic E-state index is 9.67. The third-order valence-corrected chi connectivity index (χ3v) is 17.5. The van der Waals surface area contributed by atoms with Crippen molar-refractivity contribution in [2.75, 3.05) is 0 Å². The molecule has 8 fully saturated rings. The molecule has 5 nitrogen and oxygen atoms in total. The molecule has 16 rings (SSSR count).